The molecule has 1 heterocycles. The third-order valence-corrected chi connectivity index (χ3v) is 2.77. The number of ether oxygens (including phenoxy) is 1. The number of morpholine rings is 1. The molecule has 1 rings (SSSR count). The number of nitrogens with one attached hydrogen (secondary N) is 1. The number of hydrogen-bond donors (Lipinski definition) is 2. The summed E-state index contributed by atoms with van der Waals surface area (Å²) in [6, 6.07) is 0.407. The fraction of sp³-hybridized carbons (Fsp3) is 0.750. The van der Waals surface area contributed by atoms with E-state index in [-0.39, 0.29) is 0 Å². The molecule has 17 heavy (non-hydrogen) atoms. The standard InChI is InChI=1S/C12H24N4O/c1-10(2)8-14-12(13)15-9-11(3)16-4-6-17-7-5-16/h11H,1,4-9H2,2-3H3,(H3,13,14,15). The first-order chi connectivity index (χ1) is 8.09. The van der Waals surface area contributed by atoms with E-state index in [0.717, 1.165) is 38.4 Å². The topological polar surface area (TPSA) is 62.9 Å². The minimum absolute atomic E-state index is 0.407. The molecule has 1 unspecified atom stereocenters. The average molecular weight is 240 g/mol. The van der Waals surface area contributed by atoms with Crippen molar-refractivity contribution < 1.29 is 4.74 Å². The number of nitrogens with zero attached hydrogens (tertiary/aromatic N) is 2. The summed E-state index contributed by atoms with van der Waals surface area (Å²) in [7, 11) is 0. The first kappa shape index (κ1) is 14.0. The Labute approximate surface area is 104 Å². The van der Waals surface area contributed by atoms with Crippen LogP contribution in [0.5, 0.6) is 0 Å². The number of hydrogen-bond acceptors (Lipinski definition) is 3. The summed E-state index contributed by atoms with van der Waals surface area (Å²) in [4.78, 5) is 6.70. The predicted molar refractivity (Wildman–Crippen MR) is 71.2 cm³/mol. The summed E-state index contributed by atoms with van der Waals surface area (Å²) in [6.45, 7) is 12.9. The van der Waals surface area contributed by atoms with Crippen molar-refractivity contribution in [2.24, 2.45) is 10.7 Å². The van der Waals surface area contributed by atoms with E-state index in [1.807, 2.05) is 6.92 Å². The molecule has 1 atom stereocenters. The van der Waals surface area contributed by atoms with E-state index in [1.54, 1.807) is 0 Å². The van der Waals surface area contributed by atoms with Gasteiger partial charge in [0.25, 0.3) is 0 Å². The highest BCUT2D eigenvalue weighted by atomic mass is 16.5. The molecule has 0 bridgehead atoms. The molecule has 0 aromatic carbocycles. The summed E-state index contributed by atoms with van der Waals surface area (Å²) in [5.41, 5.74) is 6.80. The van der Waals surface area contributed by atoms with E-state index in [0.29, 0.717) is 18.5 Å². The molecule has 98 valence electrons. The van der Waals surface area contributed by atoms with Crippen molar-refractivity contribution in [1.82, 2.24) is 10.2 Å². The van der Waals surface area contributed by atoms with Crippen LogP contribution in [0.25, 0.3) is 0 Å². The Bertz CT molecular complexity index is 272. The Hall–Kier alpha value is -1.07. The molecular weight excluding hydrogens is 216 g/mol. The van der Waals surface area contributed by atoms with Crippen molar-refractivity contribution in [3.8, 4) is 0 Å². The Kier molecular flexibility index (Phi) is 6.00. The van der Waals surface area contributed by atoms with Crippen molar-refractivity contribution in [2.75, 3.05) is 39.4 Å². The van der Waals surface area contributed by atoms with Crippen LogP contribution >= 0.6 is 0 Å². The van der Waals surface area contributed by atoms with Crippen molar-refractivity contribution in [3.05, 3.63) is 12.2 Å². The zero-order valence-electron chi connectivity index (χ0n) is 10.9. The minimum atomic E-state index is 0.407. The van der Waals surface area contributed by atoms with E-state index < -0.39 is 0 Å². The molecule has 5 heteroatoms. The van der Waals surface area contributed by atoms with Crippen LogP contribution in [0.3, 0.4) is 0 Å². The third-order valence-electron chi connectivity index (χ3n) is 2.77. The SMILES string of the molecule is C=C(C)CNC(N)=NCC(C)N1CCOCC1. The highest BCUT2D eigenvalue weighted by molar-refractivity contribution is 5.78. The van der Waals surface area contributed by atoms with Gasteiger partial charge in [0, 0.05) is 25.7 Å². The number of guanidine groups is 1. The van der Waals surface area contributed by atoms with Crippen molar-refractivity contribution in [3.63, 3.8) is 0 Å². The Morgan fingerprint density at radius 1 is 1.53 bits per heavy atom. The number of aliphatic imine (C=N–C) groups is 1. The highest BCUT2D eigenvalue weighted by Crippen LogP contribution is 2.03. The van der Waals surface area contributed by atoms with Crippen LogP contribution in [-0.4, -0.2) is 56.3 Å². The fourth-order valence-electron chi connectivity index (χ4n) is 1.66. The molecule has 0 spiro atoms. The van der Waals surface area contributed by atoms with Gasteiger partial charge in [-0.2, -0.15) is 0 Å². The van der Waals surface area contributed by atoms with Gasteiger partial charge >= 0.3 is 0 Å². The van der Waals surface area contributed by atoms with Crippen LogP contribution < -0.4 is 11.1 Å². The van der Waals surface area contributed by atoms with Gasteiger partial charge in [0.15, 0.2) is 5.96 Å². The second kappa shape index (κ2) is 7.29. The Morgan fingerprint density at radius 2 is 2.18 bits per heavy atom. The molecule has 0 aromatic heterocycles. The smallest absolute Gasteiger partial charge is 0.188 e. The summed E-state index contributed by atoms with van der Waals surface area (Å²) < 4.78 is 5.32. The molecule has 1 aliphatic rings. The molecule has 1 aliphatic heterocycles. The van der Waals surface area contributed by atoms with Crippen LogP contribution in [0.4, 0.5) is 0 Å². The van der Waals surface area contributed by atoms with Crippen LogP contribution in [0.15, 0.2) is 17.1 Å². The van der Waals surface area contributed by atoms with E-state index in [2.05, 4.69) is 28.7 Å². The molecule has 1 saturated heterocycles. The van der Waals surface area contributed by atoms with Crippen molar-refractivity contribution >= 4 is 5.96 Å². The van der Waals surface area contributed by atoms with Crippen LogP contribution in [-0.2, 0) is 4.74 Å². The minimum Gasteiger partial charge on any atom is -0.379 e. The predicted octanol–water partition coefficient (Wildman–Crippen LogP) is 0.188. The normalized spacial score (nSPS) is 20.0. The average Bonchev–Trinajstić information content (AvgIpc) is 2.34. The van der Waals surface area contributed by atoms with Gasteiger partial charge in [-0.3, -0.25) is 9.89 Å². The molecule has 0 aromatic rings. The van der Waals surface area contributed by atoms with Crippen LogP contribution in [0.2, 0.25) is 0 Å². The first-order valence-corrected chi connectivity index (χ1v) is 6.09. The summed E-state index contributed by atoms with van der Waals surface area (Å²) in [5.74, 6) is 0.494. The Balaban J connectivity index is 2.27. The monoisotopic (exact) mass is 240 g/mol. The van der Waals surface area contributed by atoms with E-state index in [1.165, 1.54) is 0 Å². The fourth-order valence-corrected chi connectivity index (χ4v) is 1.66. The second-order valence-electron chi connectivity index (χ2n) is 4.53. The summed E-state index contributed by atoms with van der Waals surface area (Å²) in [6.07, 6.45) is 0. The summed E-state index contributed by atoms with van der Waals surface area (Å²) >= 11 is 0. The van der Waals surface area contributed by atoms with E-state index in [9.17, 15) is 0 Å². The van der Waals surface area contributed by atoms with E-state index >= 15 is 0 Å². The van der Waals surface area contributed by atoms with Crippen LogP contribution in [0, 0.1) is 0 Å². The van der Waals surface area contributed by atoms with Gasteiger partial charge in [-0.15, -0.1) is 0 Å². The third kappa shape index (κ3) is 5.70. The van der Waals surface area contributed by atoms with Gasteiger partial charge in [0.05, 0.1) is 19.8 Å². The molecule has 3 N–H and O–H groups in total. The lowest BCUT2D eigenvalue weighted by Crippen LogP contribution is -2.44. The largest absolute Gasteiger partial charge is 0.379 e. The lowest BCUT2D eigenvalue weighted by atomic mass is 10.2. The van der Waals surface area contributed by atoms with E-state index in [4.69, 9.17) is 10.5 Å². The lowest BCUT2D eigenvalue weighted by Gasteiger charge is -2.31. The van der Waals surface area contributed by atoms with Crippen molar-refractivity contribution in [1.29, 1.82) is 0 Å². The molecule has 5 nitrogen and oxygen atoms in total. The molecule has 0 radical (unpaired) electrons. The molecule has 0 aliphatic carbocycles. The van der Waals surface area contributed by atoms with Gasteiger partial charge in [-0.1, -0.05) is 12.2 Å². The van der Waals surface area contributed by atoms with Crippen molar-refractivity contribution in [2.45, 2.75) is 19.9 Å². The second-order valence-corrected chi connectivity index (χ2v) is 4.53. The highest BCUT2D eigenvalue weighted by Gasteiger charge is 2.16. The molecular formula is C12H24N4O. The zero-order valence-corrected chi connectivity index (χ0v) is 10.9. The van der Waals surface area contributed by atoms with Gasteiger partial charge in [-0.05, 0) is 13.8 Å². The maximum atomic E-state index is 5.75. The van der Waals surface area contributed by atoms with Gasteiger partial charge < -0.3 is 15.8 Å². The number of nitrogens with two attached hydrogens (primary N) is 1. The molecule has 0 saturated carbocycles. The number of rotatable bonds is 5. The lowest BCUT2D eigenvalue weighted by molar-refractivity contribution is 0.0220. The Morgan fingerprint density at radius 3 is 2.76 bits per heavy atom. The van der Waals surface area contributed by atoms with Crippen LogP contribution in [0.1, 0.15) is 13.8 Å². The molecule has 1 fully saturated rings. The zero-order chi connectivity index (χ0) is 12.7. The van der Waals surface area contributed by atoms with Gasteiger partial charge in [0.2, 0.25) is 0 Å². The maximum Gasteiger partial charge on any atom is 0.188 e. The first-order valence-electron chi connectivity index (χ1n) is 6.09. The summed E-state index contributed by atoms with van der Waals surface area (Å²) in [5, 5.41) is 3.03. The maximum absolute atomic E-state index is 5.75. The molecule has 0 amide bonds. The quantitative estimate of drug-likeness (QED) is 0.409. The van der Waals surface area contributed by atoms with Gasteiger partial charge in [-0.25, -0.2) is 0 Å². The van der Waals surface area contributed by atoms with Gasteiger partial charge in [0.1, 0.15) is 0 Å².